The largest absolute Gasteiger partial charge is 0.381 e. The van der Waals surface area contributed by atoms with E-state index in [1.807, 2.05) is 6.92 Å². The lowest BCUT2D eigenvalue weighted by molar-refractivity contribution is -0.146. The van der Waals surface area contributed by atoms with Gasteiger partial charge in [0, 0.05) is 25.9 Å². The minimum absolute atomic E-state index is 0.116. The average molecular weight is 229 g/mol. The van der Waals surface area contributed by atoms with E-state index in [1.54, 1.807) is 0 Å². The molecule has 0 bridgehead atoms. The molecule has 0 aromatic rings. The minimum atomic E-state index is 0.116. The maximum absolute atomic E-state index is 5.89. The first-order valence-corrected chi connectivity index (χ1v) is 6.37. The summed E-state index contributed by atoms with van der Waals surface area (Å²) in [5, 5.41) is 0. The summed E-state index contributed by atoms with van der Waals surface area (Å²) in [6.45, 7) is 5.32. The lowest BCUT2D eigenvalue weighted by atomic mass is 9.86. The second-order valence-corrected chi connectivity index (χ2v) is 4.75. The van der Waals surface area contributed by atoms with Crippen molar-refractivity contribution < 1.29 is 14.2 Å². The van der Waals surface area contributed by atoms with Crippen LogP contribution in [0.5, 0.6) is 0 Å². The summed E-state index contributed by atoms with van der Waals surface area (Å²) >= 11 is 0. The monoisotopic (exact) mass is 229 g/mol. The smallest absolute Gasteiger partial charge is 0.0988 e. The molecule has 1 saturated heterocycles. The highest BCUT2D eigenvalue weighted by Crippen LogP contribution is 2.27. The van der Waals surface area contributed by atoms with Crippen LogP contribution < -0.4 is 5.73 Å². The maximum atomic E-state index is 5.89. The molecule has 4 heteroatoms. The molecule has 3 unspecified atom stereocenters. The lowest BCUT2D eigenvalue weighted by Crippen LogP contribution is -2.58. The minimum Gasteiger partial charge on any atom is -0.381 e. The molecule has 94 valence electrons. The standard InChI is InChI=1S/C12H23NO3/c1-2-15-12-10(13)7-11(12)16-8-9-3-5-14-6-4-9/h9-12H,2-8,13H2,1H3. The molecule has 2 N–H and O–H groups in total. The van der Waals surface area contributed by atoms with Gasteiger partial charge in [-0.3, -0.25) is 0 Å². The molecule has 1 aliphatic carbocycles. The normalized spacial score (nSPS) is 36.0. The first-order chi connectivity index (χ1) is 7.81. The predicted octanol–water partition coefficient (Wildman–Crippen LogP) is 0.934. The first kappa shape index (κ1) is 12.3. The molecule has 0 radical (unpaired) electrons. The average Bonchev–Trinajstić information content (AvgIpc) is 2.32. The number of nitrogens with two attached hydrogens (primary N) is 1. The molecular formula is C12H23NO3. The molecule has 3 atom stereocenters. The van der Waals surface area contributed by atoms with Gasteiger partial charge in [-0.05, 0) is 32.1 Å². The molecule has 0 aromatic heterocycles. The highest BCUT2D eigenvalue weighted by molar-refractivity contribution is 4.95. The van der Waals surface area contributed by atoms with E-state index >= 15 is 0 Å². The van der Waals surface area contributed by atoms with E-state index in [9.17, 15) is 0 Å². The second kappa shape index (κ2) is 5.96. The molecule has 0 amide bonds. The van der Waals surface area contributed by atoms with Crippen molar-refractivity contribution in [3.63, 3.8) is 0 Å². The van der Waals surface area contributed by atoms with Gasteiger partial charge in [0.05, 0.1) is 18.8 Å². The van der Waals surface area contributed by atoms with Crippen molar-refractivity contribution in [3.8, 4) is 0 Å². The Kier molecular flexibility index (Phi) is 4.58. The Balaban J connectivity index is 1.65. The summed E-state index contributed by atoms with van der Waals surface area (Å²) in [5.74, 6) is 0.660. The van der Waals surface area contributed by atoms with Crippen LogP contribution in [0, 0.1) is 5.92 Å². The Bertz CT molecular complexity index is 206. The van der Waals surface area contributed by atoms with Crippen LogP contribution in [0.1, 0.15) is 26.2 Å². The number of hydrogen-bond donors (Lipinski definition) is 1. The van der Waals surface area contributed by atoms with E-state index in [0.717, 1.165) is 45.7 Å². The van der Waals surface area contributed by atoms with Crippen LogP contribution >= 0.6 is 0 Å². The van der Waals surface area contributed by atoms with Crippen LogP contribution in [-0.2, 0) is 14.2 Å². The van der Waals surface area contributed by atoms with Gasteiger partial charge >= 0.3 is 0 Å². The summed E-state index contributed by atoms with van der Waals surface area (Å²) < 4.78 is 16.8. The molecule has 16 heavy (non-hydrogen) atoms. The molecule has 2 aliphatic rings. The van der Waals surface area contributed by atoms with E-state index in [-0.39, 0.29) is 18.2 Å². The summed E-state index contributed by atoms with van der Waals surface area (Å²) in [5.41, 5.74) is 5.88. The van der Waals surface area contributed by atoms with Gasteiger partial charge in [0.15, 0.2) is 0 Å². The third kappa shape index (κ3) is 2.94. The van der Waals surface area contributed by atoms with E-state index in [4.69, 9.17) is 19.9 Å². The van der Waals surface area contributed by atoms with Crippen LogP contribution in [-0.4, -0.2) is 44.7 Å². The summed E-state index contributed by atoms with van der Waals surface area (Å²) in [6.07, 6.45) is 3.52. The third-order valence-corrected chi connectivity index (χ3v) is 3.54. The first-order valence-electron chi connectivity index (χ1n) is 6.37. The molecule has 1 aliphatic heterocycles. The summed E-state index contributed by atoms with van der Waals surface area (Å²) in [6, 6.07) is 0.166. The molecule has 1 saturated carbocycles. The topological polar surface area (TPSA) is 53.7 Å². The van der Waals surface area contributed by atoms with Crippen molar-refractivity contribution >= 4 is 0 Å². The Morgan fingerprint density at radius 1 is 1.25 bits per heavy atom. The van der Waals surface area contributed by atoms with Gasteiger partial charge in [-0.25, -0.2) is 0 Å². The SMILES string of the molecule is CCOC1C(N)CC1OCC1CCOCC1. The van der Waals surface area contributed by atoms with Crippen molar-refractivity contribution in [1.29, 1.82) is 0 Å². The van der Waals surface area contributed by atoms with Gasteiger partial charge in [0.2, 0.25) is 0 Å². The molecular weight excluding hydrogens is 206 g/mol. The van der Waals surface area contributed by atoms with Gasteiger partial charge in [0.1, 0.15) is 0 Å². The number of hydrogen-bond acceptors (Lipinski definition) is 4. The van der Waals surface area contributed by atoms with Gasteiger partial charge in [0.25, 0.3) is 0 Å². The molecule has 0 aromatic carbocycles. The fraction of sp³-hybridized carbons (Fsp3) is 1.00. The van der Waals surface area contributed by atoms with Crippen molar-refractivity contribution in [2.24, 2.45) is 11.7 Å². The third-order valence-electron chi connectivity index (χ3n) is 3.54. The van der Waals surface area contributed by atoms with Crippen molar-refractivity contribution in [2.45, 2.75) is 44.4 Å². The Labute approximate surface area is 97.4 Å². The lowest BCUT2D eigenvalue weighted by Gasteiger charge is -2.42. The Hall–Kier alpha value is -0.160. The van der Waals surface area contributed by atoms with Gasteiger partial charge in [-0.15, -0.1) is 0 Å². The van der Waals surface area contributed by atoms with E-state index in [1.165, 1.54) is 0 Å². The fourth-order valence-corrected chi connectivity index (χ4v) is 2.38. The predicted molar refractivity (Wildman–Crippen MR) is 61.3 cm³/mol. The van der Waals surface area contributed by atoms with Gasteiger partial charge in [-0.2, -0.15) is 0 Å². The maximum Gasteiger partial charge on any atom is 0.0988 e. The van der Waals surface area contributed by atoms with Crippen LogP contribution in [0.3, 0.4) is 0 Å². The van der Waals surface area contributed by atoms with Crippen molar-refractivity contribution in [2.75, 3.05) is 26.4 Å². The Morgan fingerprint density at radius 3 is 2.62 bits per heavy atom. The van der Waals surface area contributed by atoms with Gasteiger partial charge < -0.3 is 19.9 Å². The Morgan fingerprint density at radius 2 is 2.00 bits per heavy atom. The zero-order valence-corrected chi connectivity index (χ0v) is 10.1. The molecule has 2 rings (SSSR count). The van der Waals surface area contributed by atoms with Crippen LogP contribution in [0.2, 0.25) is 0 Å². The summed E-state index contributed by atoms with van der Waals surface area (Å²) in [7, 11) is 0. The highest BCUT2D eigenvalue weighted by Gasteiger charge is 2.40. The zero-order chi connectivity index (χ0) is 11.4. The van der Waals surface area contributed by atoms with E-state index < -0.39 is 0 Å². The van der Waals surface area contributed by atoms with Crippen molar-refractivity contribution in [1.82, 2.24) is 0 Å². The quantitative estimate of drug-likeness (QED) is 0.762. The van der Waals surface area contributed by atoms with E-state index in [0.29, 0.717) is 5.92 Å². The van der Waals surface area contributed by atoms with Crippen LogP contribution in [0.25, 0.3) is 0 Å². The second-order valence-electron chi connectivity index (χ2n) is 4.75. The highest BCUT2D eigenvalue weighted by atomic mass is 16.5. The van der Waals surface area contributed by atoms with E-state index in [2.05, 4.69) is 0 Å². The fourth-order valence-electron chi connectivity index (χ4n) is 2.38. The number of rotatable bonds is 5. The number of ether oxygens (including phenoxy) is 3. The van der Waals surface area contributed by atoms with Gasteiger partial charge in [-0.1, -0.05) is 0 Å². The van der Waals surface area contributed by atoms with Crippen LogP contribution in [0.15, 0.2) is 0 Å². The summed E-state index contributed by atoms with van der Waals surface area (Å²) in [4.78, 5) is 0. The zero-order valence-electron chi connectivity index (χ0n) is 10.1. The van der Waals surface area contributed by atoms with Crippen LogP contribution in [0.4, 0.5) is 0 Å². The van der Waals surface area contributed by atoms with Crippen molar-refractivity contribution in [3.05, 3.63) is 0 Å². The molecule has 1 heterocycles. The molecule has 0 spiro atoms. The molecule has 4 nitrogen and oxygen atoms in total. The molecule has 2 fully saturated rings.